The lowest BCUT2D eigenvalue weighted by atomic mass is 9.89. The number of aromatic nitrogens is 4. The number of para-hydroxylation sites is 1. The molecule has 3 aliphatic rings. The molecule has 0 unspecified atom stereocenters. The fourth-order valence-electron chi connectivity index (χ4n) is 6.11. The van der Waals surface area contributed by atoms with Gasteiger partial charge < -0.3 is 25.8 Å². The number of nitrogens with zero attached hydrogens (tertiary/aromatic N) is 6. The first-order chi connectivity index (χ1) is 24.8. The minimum absolute atomic E-state index is 0.0298. The molecule has 14 nitrogen and oxygen atoms in total. The van der Waals surface area contributed by atoms with Gasteiger partial charge in [0.25, 0.3) is 11.8 Å². The number of fused-ring (bicyclic) bond motifs is 3. The Morgan fingerprint density at radius 2 is 1.79 bits per heavy atom. The summed E-state index contributed by atoms with van der Waals surface area (Å²) in [6.45, 7) is 3.72. The highest BCUT2D eigenvalue weighted by atomic mass is 127. The second kappa shape index (κ2) is 13.7. The van der Waals surface area contributed by atoms with E-state index in [9.17, 15) is 22.8 Å². The lowest BCUT2D eigenvalue weighted by Gasteiger charge is -2.43. The molecule has 2 fully saturated rings. The first-order valence-corrected chi connectivity index (χ1v) is 19.8. The number of carbonyl (C=O) groups excluding carboxylic acids is 3. The number of rotatable bonds is 11. The van der Waals surface area contributed by atoms with Crippen LogP contribution in [0.4, 0.5) is 22.9 Å². The monoisotopic (exact) mass is 835 g/mol. The van der Waals surface area contributed by atoms with Gasteiger partial charge in [-0.25, -0.2) is 8.42 Å². The van der Waals surface area contributed by atoms with Crippen LogP contribution in [-0.2, 0) is 24.7 Å². The van der Waals surface area contributed by atoms with Crippen LogP contribution in [0.5, 0.6) is 0 Å². The number of carbonyl (C=O) groups is 3. The third-order valence-electron chi connectivity index (χ3n) is 9.57. The Bertz CT molecular complexity index is 2220. The molecule has 16 heteroatoms. The van der Waals surface area contributed by atoms with Gasteiger partial charge in [-0.15, -0.1) is 10.2 Å². The van der Waals surface area contributed by atoms with Crippen LogP contribution in [0.2, 0.25) is 0 Å². The maximum Gasteiger partial charge on any atom is 0.274 e. The minimum Gasteiger partial charge on any atom is -0.354 e. The number of amides is 3. The number of hydrogen-bond acceptors (Lipinski definition) is 11. The van der Waals surface area contributed by atoms with Gasteiger partial charge in [0.05, 0.1) is 39.9 Å². The van der Waals surface area contributed by atoms with Gasteiger partial charge in [0.15, 0.2) is 21.3 Å². The molecule has 1 atom stereocenters. The summed E-state index contributed by atoms with van der Waals surface area (Å²) in [7, 11) is 0.168. The van der Waals surface area contributed by atoms with Gasteiger partial charge >= 0.3 is 0 Å². The molecule has 7 rings (SSSR count). The van der Waals surface area contributed by atoms with Crippen molar-refractivity contribution in [3.05, 3.63) is 77.5 Å². The smallest absolute Gasteiger partial charge is 0.274 e. The van der Waals surface area contributed by atoms with Gasteiger partial charge in [-0.05, 0) is 85.0 Å². The molecule has 52 heavy (non-hydrogen) atoms. The zero-order valence-electron chi connectivity index (χ0n) is 29.1. The summed E-state index contributed by atoms with van der Waals surface area (Å²) >= 11 is 2.36. The summed E-state index contributed by atoms with van der Waals surface area (Å²) in [6, 6.07) is 12.3. The summed E-state index contributed by atoms with van der Waals surface area (Å²) in [5, 5.41) is 17.6. The molecule has 0 spiro atoms. The number of alkyl halides is 1. The Kier molecular flexibility index (Phi) is 9.39. The number of sulfone groups is 1. The number of hydrogen-bond donors (Lipinski definition) is 3. The lowest BCUT2D eigenvalue weighted by molar-refractivity contribution is -0.117. The molecule has 2 aliphatic carbocycles. The van der Waals surface area contributed by atoms with Crippen molar-refractivity contribution in [2.45, 2.75) is 60.6 Å². The first kappa shape index (κ1) is 35.7. The van der Waals surface area contributed by atoms with Gasteiger partial charge in [0.2, 0.25) is 5.91 Å². The van der Waals surface area contributed by atoms with Crippen LogP contribution < -0.4 is 20.9 Å². The summed E-state index contributed by atoms with van der Waals surface area (Å²) in [5.74, 6) is -0.607. The Morgan fingerprint density at radius 3 is 2.50 bits per heavy atom. The van der Waals surface area contributed by atoms with Crippen LogP contribution in [0.3, 0.4) is 0 Å². The van der Waals surface area contributed by atoms with Crippen molar-refractivity contribution in [3.8, 4) is 11.1 Å². The van der Waals surface area contributed by atoms with Crippen molar-refractivity contribution in [2.24, 2.45) is 5.92 Å². The van der Waals surface area contributed by atoms with Crippen LogP contribution in [0.25, 0.3) is 11.1 Å². The average molecular weight is 836 g/mol. The van der Waals surface area contributed by atoms with Crippen molar-refractivity contribution >= 4 is 73.0 Å². The second-order valence-corrected chi connectivity index (χ2v) is 17.9. The topological polar surface area (TPSA) is 179 Å². The molecule has 0 radical (unpaired) electrons. The van der Waals surface area contributed by atoms with Gasteiger partial charge in [-0.1, -0.05) is 19.1 Å². The number of pyridine rings is 2. The van der Waals surface area contributed by atoms with Gasteiger partial charge in [0, 0.05) is 55.6 Å². The van der Waals surface area contributed by atoms with E-state index in [-0.39, 0.29) is 64.1 Å². The molecule has 4 aromatic rings. The van der Waals surface area contributed by atoms with Crippen molar-refractivity contribution < 1.29 is 22.8 Å². The number of anilines is 4. The zero-order valence-corrected chi connectivity index (χ0v) is 32.1. The van der Waals surface area contributed by atoms with Crippen LogP contribution in [-0.4, -0.2) is 77.1 Å². The van der Waals surface area contributed by atoms with E-state index >= 15 is 0 Å². The zero-order chi connectivity index (χ0) is 36.9. The summed E-state index contributed by atoms with van der Waals surface area (Å²) in [4.78, 5) is 52.1. The van der Waals surface area contributed by atoms with E-state index in [1.165, 1.54) is 23.2 Å². The normalized spacial score (nSPS) is 17.8. The highest BCUT2D eigenvalue weighted by Crippen LogP contribution is 2.53. The highest BCUT2D eigenvalue weighted by molar-refractivity contribution is 14.1. The van der Waals surface area contributed by atoms with Crippen molar-refractivity contribution in [2.75, 3.05) is 35.4 Å². The van der Waals surface area contributed by atoms with E-state index < -0.39 is 13.4 Å². The van der Waals surface area contributed by atoms with E-state index in [2.05, 4.69) is 63.6 Å². The van der Waals surface area contributed by atoms with E-state index in [0.717, 1.165) is 48.1 Å². The van der Waals surface area contributed by atoms with E-state index in [4.69, 9.17) is 0 Å². The molecule has 1 aliphatic heterocycles. The maximum atomic E-state index is 13.7. The largest absolute Gasteiger partial charge is 0.354 e. The first-order valence-electron chi connectivity index (χ1n) is 17.0. The number of halogens is 1. The Hall–Kier alpha value is -4.71. The van der Waals surface area contributed by atoms with Gasteiger partial charge in [-0.3, -0.25) is 24.4 Å². The maximum absolute atomic E-state index is 13.7. The molecule has 3 amide bonds. The molecular formula is C36H38IN9O5S. The molecule has 1 aromatic carbocycles. The molecule has 3 N–H and O–H groups in total. The Morgan fingerprint density at radius 1 is 1.02 bits per heavy atom. The number of nitrogens with one attached hydrogen (secondary N) is 3. The molecule has 2 saturated carbocycles. The summed E-state index contributed by atoms with van der Waals surface area (Å²) in [6.07, 6.45) is 6.64. The molecular weight excluding hydrogens is 797 g/mol. The van der Waals surface area contributed by atoms with Gasteiger partial charge in [-0.2, -0.15) is 0 Å². The van der Waals surface area contributed by atoms with Crippen LogP contribution in [0, 0.1) is 5.92 Å². The van der Waals surface area contributed by atoms with Crippen molar-refractivity contribution in [1.82, 2.24) is 30.4 Å². The Balaban J connectivity index is 1.20. The average Bonchev–Trinajstić information content (AvgIpc) is 4.06. The van der Waals surface area contributed by atoms with E-state index in [0.29, 0.717) is 17.1 Å². The molecule has 0 saturated heterocycles. The molecule has 3 aromatic heterocycles. The van der Waals surface area contributed by atoms with Gasteiger partial charge in [0.1, 0.15) is 9.24 Å². The second-order valence-electron chi connectivity index (χ2n) is 13.5. The fourth-order valence-corrected chi connectivity index (χ4v) is 7.71. The fraction of sp³-hybridized carbons (Fsp3) is 0.361. The SMILES string of the molecule is CCS(=O)(=O)c1ccnc(CN(C)C(=O)c2cc3c(cn2)-c2cccc(Nc4cc(NC(=O)C5CC5)nnc4C(=O)NC4CC4)c2N(C)[C@]3(C)I)c1. The van der Waals surface area contributed by atoms with Crippen molar-refractivity contribution in [1.29, 1.82) is 0 Å². The third-order valence-corrected chi connectivity index (χ3v) is 12.6. The molecule has 0 bridgehead atoms. The Labute approximate surface area is 315 Å². The predicted molar refractivity (Wildman–Crippen MR) is 204 cm³/mol. The molecule has 4 heterocycles. The highest BCUT2D eigenvalue weighted by Gasteiger charge is 2.39. The third kappa shape index (κ3) is 7.05. The minimum atomic E-state index is -3.42. The van der Waals surface area contributed by atoms with Crippen LogP contribution >= 0.6 is 22.6 Å². The lowest BCUT2D eigenvalue weighted by Crippen LogP contribution is -2.40. The number of benzene rings is 1. The van der Waals surface area contributed by atoms with Crippen LogP contribution in [0.1, 0.15) is 71.8 Å². The summed E-state index contributed by atoms with van der Waals surface area (Å²) in [5.41, 5.74) is 5.32. The molecule has 270 valence electrons. The predicted octanol–water partition coefficient (Wildman–Crippen LogP) is 5.04. The van der Waals surface area contributed by atoms with E-state index in [1.54, 1.807) is 32.3 Å². The quantitative estimate of drug-likeness (QED) is 0.105. The summed E-state index contributed by atoms with van der Waals surface area (Å²) < 4.78 is 24.2. The van der Waals surface area contributed by atoms with Crippen molar-refractivity contribution in [3.63, 3.8) is 0 Å². The van der Waals surface area contributed by atoms with E-state index in [1.807, 2.05) is 32.2 Å². The standard InChI is InChI=1S/C36H38IN9O5S/c1-5-52(50,51)23-13-14-38-22(15-23)19-45(3)35(49)29-16-26-25(18-39-29)24-7-6-8-27(32(24)46(4)36(26,2)37)41-28-17-30(42-33(47)20-9-10-20)43-44-31(28)34(48)40-21-11-12-21/h6-8,13-18,20-21H,5,9-12,19H2,1-4H3,(H,40,48)(H2,41,42,43,47)/t36-/m0/s1. The van der Waals surface area contributed by atoms with Crippen LogP contribution in [0.15, 0.2) is 59.8 Å².